The number of ether oxygens (including phenoxy) is 1. The van der Waals surface area contributed by atoms with Gasteiger partial charge in [0, 0.05) is 12.2 Å². The van der Waals surface area contributed by atoms with Crippen LogP contribution in [-0.2, 0) is 18.1 Å². The van der Waals surface area contributed by atoms with Crippen molar-refractivity contribution in [1.29, 1.82) is 0 Å². The second kappa shape index (κ2) is 10.2. The SMILES string of the molecule is [B]CO[P+](O)(O)OP(=O)(O)O.[B][C@@H]1CCC(n2cc(C=O)c(=O)[nH]c2=S)O1. The quantitative estimate of drug-likeness (QED) is 0.166. The Hall–Kier alpha value is -0.720. The molecule has 0 saturated carbocycles. The van der Waals surface area contributed by atoms with Crippen LogP contribution in [0.4, 0.5) is 0 Å². The fourth-order valence-electron chi connectivity index (χ4n) is 1.91. The molecule has 17 heteroatoms. The van der Waals surface area contributed by atoms with Gasteiger partial charge in [-0.25, -0.2) is 4.57 Å². The minimum atomic E-state index is -4.95. The van der Waals surface area contributed by atoms with Gasteiger partial charge in [-0.05, 0) is 29.4 Å². The van der Waals surface area contributed by atoms with E-state index in [0.717, 1.165) is 6.42 Å². The van der Waals surface area contributed by atoms with Crippen molar-refractivity contribution in [2.45, 2.75) is 25.1 Å². The van der Waals surface area contributed by atoms with Gasteiger partial charge in [-0.2, -0.15) is 14.3 Å². The number of phosphoric acid groups is 1. The largest absolute Gasteiger partial charge is 0.579 e. The van der Waals surface area contributed by atoms with Crippen molar-refractivity contribution in [3.05, 3.63) is 26.9 Å². The molecule has 0 spiro atoms. The van der Waals surface area contributed by atoms with Gasteiger partial charge >= 0.3 is 16.0 Å². The Labute approximate surface area is 161 Å². The third-order valence-corrected chi connectivity index (χ3v) is 5.42. The number of carbonyl (C=O) groups excluding carboxylic acids is 1. The summed E-state index contributed by atoms with van der Waals surface area (Å²) < 4.78 is 24.5. The fraction of sp³-hybridized carbons (Fsp3) is 0.500. The Bertz CT molecular complexity index is 812. The number of hydrogen-bond donors (Lipinski definition) is 5. The van der Waals surface area contributed by atoms with Gasteiger partial charge in [0.15, 0.2) is 11.1 Å². The minimum Gasteiger partial charge on any atom is -0.365 e. The zero-order valence-electron chi connectivity index (χ0n) is 13.6. The molecule has 1 aliphatic heterocycles. The molecule has 4 radical (unpaired) electrons. The first-order chi connectivity index (χ1) is 12.4. The lowest BCUT2D eigenvalue weighted by atomic mass is 9.98. The van der Waals surface area contributed by atoms with Crippen LogP contribution in [0.3, 0.4) is 0 Å². The van der Waals surface area contributed by atoms with Crippen LogP contribution in [0.5, 0.6) is 0 Å². The van der Waals surface area contributed by atoms with Gasteiger partial charge in [0.05, 0.1) is 12.1 Å². The Morgan fingerprint density at radius 1 is 1.48 bits per heavy atom. The van der Waals surface area contributed by atoms with Crippen LogP contribution in [0.25, 0.3) is 0 Å². The van der Waals surface area contributed by atoms with Crippen LogP contribution >= 0.6 is 28.2 Å². The number of rotatable bonds is 6. The highest BCUT2D eigenvalue weighted by atomic mass is 32.1. The van der Waals surface area contributed by atoms with Gasteiger partial charge in [-0.1, -0.05) is 0 Å². The van der Waals surface area contributed by atoms with Gasteiger partial charge in [-0.3, -0.25) is 19.1 Å². The smallest absolute Gasteiger partial charge is 0.365 e. The van der Waals surface area contributed by atoms with Crippen molar-refractivity contribution in [3.63, 3.8) is 0 Å². The summed E-state index contributed by atoms with van der Waals surface area (Å²) in [4.78, 5) is 57.4. The third kappa shape index (κ3) is 8.44. The first-order valence-electron chi connectivity index (χ1n) is 7.06. The summed E-state index contributed by atoms with van der Waals surface area (Å²) in [7, 11) is 0.888. The number of hydrogen-bond acceptors (Lipinski definition) is 9. The van der Waals surface area contributed by atoms with Crippen LogP contribution < -0.4 is 5.56 Å². The molecule has 27 heavy (non-hydrogen) atoms. The number of aromatic amines is 1. The average molecular weight is 439 g/mol. The van der Waals surface area contributed by atoms with Crippen LogP contribution in [0.1, 0.15) is 29.4 Å². The topological polar surface area (TPSA) is 181 Å². The molecule has 1 aromatic heterocycles. The molecule has 1 fully saturated rings. The lowest BCUT2D eigenvalue weighted by Crippen LogP contribution is -2.21. The molecular weight excluding hydrogens is 424 g/mol. The first-order valence-corrected chi connectivity index (χ1v) is 10.5. The lowest BCUT2D eigenvalue weighted by Gasteiger charge is -2.15. The van der Waals surface area contributed by atoms with Crippen molar-refractivity contribution in [3.8, 4) is 0 Å². The summed E-state index contributed by atoms with van der Waals surface area (Å²) in [5.74, 6) is 0. The maximum Gasteiger partial charge on any atom is 0.579 e. The summed E-state index contributed by atoms with van der Waals surface area (Å²) in [5.41, 5.74) is -0.462. The van der Waals surface area contributed by atoms with E-state index in [0.29, 0.717) is 12.7 Å². The van der Waals surface area contributed by atoms with Gasteiger partial charge < -0.3 is 14.5 Å². The van der Waals surface area contributed by atoms with Crippen LogP contribution in [0.15, 0.2) is 11.0 Å². The lowest BCUT2D eigenvalue weighted by molar-refractivity contribution is 0.0353. The predicted molar refractivity (Wildman–Crippen MR) is 96.4 cm³/mol. The number of nitrogens with zero attached hydrogens (tertiary/aromatic N) is 1. The van der Waals surface area contributed by atoms with Crippen molar-refractivity contribution < 1.29 is 42.5 Å². The number of aldehydes is 1. The number of H-pyrrole nitrogens is 1. The highest BCUT2D eigenvalue weighted by Gasteiger charge is 2.47. The molecule has 146 valence electrons. The van der Waals surface area contributed by atoms with E-state index in [1.54, 1.807) is 4.57 Å². The second-order valence-corrected chi connectivity index (χ2v) is 8.19. The highest BCUT2D eigenvalue weighted by Crippen LogP contribution is 2.63. The Morgan fingerprint density at radius 2 is 2.11 bits per heavy atom. The van der Waals surface area contributed by atoms with Gasteiger partial charge in [0.1, 0.15) is 21.9 Å². The second-order valence-electron chi connectivity index (χ2n) is 4.93. The molecule has 1 aliphatic rings. The molecule has 1 unspecified atom stereocenters. The van der Waals surface area contributed by atoms with Gasteiger partial charge in [-0.15, -0.1) is 0 Å². The number of nitrogens with one attached hydrogen (secondary N) is 1. The van der Waals surface area contributed by atoms with E-state index in [1.165, 1.54) is 6.20 Å². The number of carbonyl (C=O) groups is 1. The van der Waals surface area contributed by atoms with E-state index in [9.17, 15) is 14.2 Å². The van der Waals surface area contributed by atoms with Crippen LogP contribution in [0.2, 0.25) is 0 Å². The normalized spacial score (nSPS) is 20.0. The fourth-order valence-corrected chi connectivity index (χ4v) is 3.66. The van der Waals surface area contributed by atoms with Crippen LogP contribution in [0, 0.1) is 4.77 Å². The number of aromatic nitrogens is 2. The first kappa shape index (κ1) is 24.3. The maximum absolute atomic E-state index is 11.3. The summed E-state index contributed by atoms with van der Waals surface area (Å²) in [6.45, 7) is -0.610. The van der Waals surface area contributed by atoms with Crippen molar-refractivity contribution in [2.75, 3.05) is 6.51 Å². The molecule has 2 heterocycles. The van der Waals surface area contributed by atoms with E-state index < -0.39 is 28.1 Å². The molecule has 2 rings (SSSR count). The van der Waals surface area contributed by atoms with Gasteiger partial charge in [0.25, 0.3) is 5.56 Å². The van der Waals surface area contributed by atoms with E-state index in [1.807, 2.05) is 0 Å². The average Bonchev–Trinajstić information content (AvgIpc) is 2.91. The van der Waals surface area contributed by atoms with E-state index in [4.69, 9.17) is 44.4 Å². The van der Waals surface area contributed by atoms with Gasteiger partial charge in [0.2, 0.25) is 0 Å². The zero-order valence-corrected chi connectivity index (χ0v) is 16.2. The molecule has 0 aromatic carbocycles. The maximum atomic E-state index is 11.3. The van der Waals surface area contributed by atoms with Crippen LogP contribution in [-0.4, -0.2) is 63.6 Å². The Morgan fingerprint density at radius 3 is 2.56 bits per heavy atom. The summed E-state index contributed by atoms with van der Waals surface area (Å²) in [6.07, 6.45) is 3.01. The van der Waals surface area contributed by atoms with E-state index in [-0.39, 0.29) is 22.6 Å². The molecule has 0 bridgehead atoms. The molecule has 0 amide bonds. The molecule has 1 aromatic rings. The molecule has 1 saturated heterocycles. The molecule has 0 aliphatic carbocycles. The van der Waals surface area contributed by atoms with Crippen molar-refractivity contribution in [2.24, 2.45) is 0 Å². The summed E-state index contributed by atoms with van der Waals surface area (Å²) >= 11 is 4.99. The zero-order chi connectivity index (χ0) is 20.8. The molecule has 5 N–H and O–H groups in total. The third-order valence-electron chi connectivity index (χ3n) is 2.92. The molecule has 2 atom stereocenters. The molecule has 12 nitrogen and oxygen atoms in total. The van der Waals surface area contributed by atoms with Crippen molar-refractivity contribution in [1.82, 2.24) is 9.55 Å². The predicted octanol–water partition coefficient (Wildman–Crippen LogP) is -0.578. The van der Waals surface area contributed by atoms with Crippen molar-refractivity contribution >= 4 is 50.2 Å². The minimum absolute atomic E-state index is 0.0256. The standard InChI is InChI=1S/C9H9BN2O3S.CH5BO7P2/c10-6-1-2-7(15-6)12-3-5(4-13)8(14)11-9(12)16;2-1-8-11(6,7)9-10(3,4)5/h3-4,6-7H,1-2H2,(H,11,14,16);6-7H,1H2,(H-,3,4,5)/p+1/t6-,7?;/m0./s1. The monoisotopic (exact) mass is 439 g/mol. The summed E-state index contributed by atoms with van der Waals surface area (Å²) in [6, 6.07) is -0.321. The highest BCUT2D eigenvalue weighted by molar-refractivity contribution is 7.71. The Balaban J connectivity index is 0.000000293. The summed E-state index contributed by atoms with van der Waals surface area (Å²) in [5, 5.41) is 0. The van der Waals surface area contributed by atoms with E-state index in [2.05, 4.69) is 21.7 Å². The van der Waals surface area contributed by atoms with E-state index >= 15 is 0 Å². The Kier molecular flexibility index (Phi) is 9.16. The molecular formula is C10H15B2N2O10P2S+.